The topological polar surface area (TPSA) is 12.0 Å². The molecule has 0 amide bonds. The van der Waals surface area contributed by atoms with Crippen LogP contribution in [-0.4, -0.2) is 6.54 Å². The van der Waals surface area contributed by atoms with Crippen molar-refractivity contribution in [3.63, 3.8) is 0 Å². The average Bonchev–Trinajstić information content (AvgIpc) is 2.20. The summed E-state index contributed by atoms with van der Waals surface area (Å²) in [6.45, 7) is 9.33. The molecule has 1 heteroatoms. The number of anilines is 1. The van der Waals surface area contributed by atoms with E-state index in [1.807, 2.05) is 13.8 Å². The van der Waals surface area contributed by atoms with E-state index in [9.17, 15) is 0 Å². The van der Waals surface area contributed by atoms with Gasteiger partial charge in [-0.2, -0.15) is 0 Å². The van der Waals surface area contributed by atoms with E-state index in [0.717, 1.165) is 6.54 Å². The molecule has 0 aliphatic heterocycles. The van der Waals surface area contributed by atoms with Crippen molar-refractivity contribution < 1.29 is 0 Å². The largest absolute Gasteiger partial charge is 0.385 e. The number of aryl methyl sites for hydroxylation is 1. The first-order valence-electron chi connectivity index (χ1n) is 5.13. The Labute approximate surface area is 82.2 Å². The zero-order valence-electron chi connectivity index (χ0n) is 9.22. The maximum absolute atomic E-state index is 3.32. The highest BCUT2D eigenvalue weighted by atomic mass is 14.9. The number of nitrogens with one attached hydrogen (secondary N) is 1. The molecule has 1 aromatic carbocycles. The lowest BCUT2D eigenvalue weighted by Gasteiger charge is -2.03. The molecule has 0 aromatic heterocycles. The molecule has 0 spiro atoms. The predicted octanol–water partition coefficient (Wildman–Crippen LogP) is 3.84. The lowest BCUT2D eigenvalue weighted by Crippen LogP contribution is -1.98. The van der Waals surface area contributed by atoms with E-state index < -0.39 is 0 Å². The normalized spacial score (nSPS) is 8.62. The third-order valence-corrected chi connectivity index (χ3v) is 1.63. The molecular weight excluding hydrogens is 158 g/mol. The van der Waals surface area contributed by atoms with Crippen LogP contribution in [0.25, 0.3) is 0 Å². The Balaban J connectivity index is 0.000000671. The number of benzene rings is 1. The molecule has 0 saturated carbocycles. The Bertz CT molecular complexity index is 201. The van der Waals surface area contributed by atoms with Crippen LogP contribution < -0.4 is 5.32 Å². The summed E-state index contributed by atoms with van der Waals surface area (Å²) in [6, 6.07) is 8.48. The second-order valence-corrected chi connectivity index (χ2v) is 2.79. The quantitative estimate of drug-likeness (QED) is 0.743. The molecular formula is C12H21N. The molecule has 0 aliphatic rings. The van der Waals surface area contributed by atoms with Crippen LogP contribution in [0.5, 0.6) is 0 Å². The molecule has 0 fully saturated rings. The first-order chi connectivity index (χ1) is 6.33. The second kappa shape index (κ2) is 7.66. The van der Waals surface area contributed by atoms with Gasteiger partial charge < -0.3 is 5.32 Å². The van der Waals surface area contributed by atoms with Gasteiger partial charge in [-0.25, -0.2) is 0 Å². The van der Waals surface area contributed by atoms with Crippen LogP contribution in [-0.2, 0) is 0 Å². The van der Waals surface area contributed by atoms with Crippen LogP contribution in [0.15, 0.2) is 24.3 Å². The van der Waals surface area contributed by atoms with Crippen molar-refractivity contribution in [2.75, 3.05) is 11.9 Å². The van der Waals surface area contributed by atoms with E-state index in [2.05, 4.69) is 43.4 Å². The van der Waals surface area contributed by atoms with Gasteiger partial charge in [-0.15, -0.1) is 0 Å². The summed E-state index contributed by atoms with van der Waals surface area (Å²) in [5.74, 6) is 0. The predicted molar refractivity (Wildman–Crippen MR) is 61.3 cm³/mol. The molecule has 13 heavy (non-hydrogen) atoms. The van der Waals surface area contributed by atoms with Crippen molar-refractivity contribution in [2.24, 2.45) is 0 Å². The number of rotatable bonds is 3. The third kappa shape index (κ3) is 5.29. The van der Waals surface area contributed by atoms with Crippen LogP contribution in [0.1, 0.15) is 32.8 Å². The second-order valence-electron chi connectivity index (χ2n) is 2.79. The molecule has 0 radical (unpaired) electrons. The van der Waals surface area contributed by atoms with E-state index in [0.29, 0.717) is 0 Å². The zero-order valence-corrected chi connectivity index (χ0v) is 9.22. The molecule has 74 valence electrons. The highest BCUT2D eigenvalue weighted by molar-refractivity contribution is 5.44. The van der Waals surface area contributed by atoms with Crippen LogP contribution >= 0.6 is 0 Å². The molecule has 0 heterocycles. The van der Waals surface area contributed by atoms with Crippen LogP contribution in [0.2, 0.25) is 0 Å². The van der Waals surface area contributed by atoms with Gasteiger partial charge in [-0.1, -0.05) is 38.5 Å². The van der Waals surface area contributed by atoms with E-state index in [1.165, 1.54) is 17.7 Å². The van der Waals surface area contributed by atoms with E-state index in [-0.39, 0.29) is 0 Å². The molecule has 0 unspecified atom stereocenters. The van der Waals surface area contributed by atoms with Gasteiger partial charge in [0, 0.05) is 12.2 Å². The molecule has 1 aromatic rings. The lowest BCUT2D eigenvalue weighted by molar-refractivity contribution is 0.979. The summed E-state index contributed by atoms with van der Waals surface area (Å²) in [7, 11) is 0. The smallest absolute Gasteiger partial charge is 0.0340 e. The average molecular weight is 179 g/mol. The summed E-state index contributed by atoms with van der Waals surface area (Å²) >= 11 is 0. The minimum Gasteiger partial charge on any atom is -0.385 e. The fraction of sp³-hybridized carbons (Fsp3) is 0.500. The third-order valence-electron chi connectivity index (χ3n) is 1.63. The maximum atomic E-state index is 3.32. The minimum atomic E-state index is 1.06. The summed E-state index contributed by atoms with van der Waals surface area (Å²) in [5.41, 5.74) is 2.53. The lowest BCUT2D eigenvalue weighted by atomic mass is 10.2. The summed E-state index contributed by atoms with van der Waals surface area (Å²) in [6.07, 6.45) is 1.17. The van der Waals surface area contributed by atoms with Crippen LogP contribution in [0, 0.1) is 6.92 Å². The summed E-state index contributed by atoms with van der Waals surface area (Å²) < 4.78 is 0. The van der Waals surface area contributed by atoms with E-state index in [4.69, 9.17) is 0 Å². The highest BCUT2D eigenvalue weighted by Gasteiger charge is 1.87. The Morgan fingerprint density at radius 2 is 1.62 bits per heavy atom. The Morgan fingerprint density at radius 3 is 2.08 bits per heavy atom. The molecule has 0 bridgehead atoms. The van der Waals surface area contributed by atoms with Gasteiger partial charge in [0.15, 0.2) is 0 Å². The Morgan fingerprint density at radius 1 is 1.08 bits per heavy atom. The standard InChI is InChI=1S/C10H15N.C2H6/c1-3-8-11-10-6-4-9(2)5-7-10;1-2/h4-7,11H,3,8H2,1-2H3;1-2H3. The van der Waals surface area contributed by atoms with Crippen molar-refractivity contribution in [1.82, 2.24) is 0 Å². The van der Waals surface area contributed by atoms with Gasteiger partial charge in [0.25, 0.3) is 0 Å². The summed E-state index contributed by atoms with van der Waals surface area (Å²) in [5, 5.41) is 3.32. The highest BCUT2D eigenvalue weighted by Crippen LogP contribution is 2.07. The Hall–Kier alpha value is -0.980. The fourth-order valence-corrected chi connectivity index (χ4v) is 0.941. The van der Waals surface area contributed by atoms with Crippen LogP contribution in [0.4, 0.5) is 5.69 Å². The number of hydrogen-bond donors (Lipinski definition) is 1. The Kier molecular flexibility index (Phi) is 7.08. The van der Waals surface area contributed by atoms with E-state index in [1.54, 1.807) is 0 Å². The van der Waals surface area contributed by atoms with Crippen molar-refractivity contribution in [3.8, 4) is 0 Å². The fourth-order valence-electron chi connectivity index (χ4n) is 0.941. The van der Waals surface area contributed by atoms with Crippen molar-refractivity contribution in [3.05, 3.63) is 29.8 Å². The van der Waals surface area contributed by atoms with Gasteiger partial charge in [0.1, 0.15) is 0 Å². The molecule has 0 atom stereocenters. The minimum absolute atomic E-state index is 1.06. The van der Waals surface area contributed by atoms with E-state index >= 15 is 0 Å². The molecule has 1 nitrogen and oxygen atoms in total. The molecule has 1 N–H and O–H groups in total. The molecule has 0 saturated heterocycles. The molecule has 0 aliphatic carbocycles. The monoisotopic (exact) mass is 179 g/mol. The van der Waals surface area contributed by atoms with Gasteiger partial charge >= 0.3 is 0 Å². The maximum Gasteiger partial charge on any atom is 0.0340 e. The first kappa shape index (κ1) is 12.0. The van der Waals surface area contributed by atoms with Crippen molar-refractivity contribution >= 4 is 5.69 Å². The molecule has 1 rings (SSSR count). The van der Waals surface area contributed by atoms with Crippen molar-refractivity contribution in [1.29, 1.82) is 0 Å². The SMILES string of the molecule is CC.CCCNc1ccc(C)cc1. The number of hydrogen-bond acceptors (Lipinski definition) is 1. The van der Waals surface area contributed by atoms with Gasteiger partial charge in [-0.3, -0.25) is 0 Å². The van der Waals surface area contributed by atoms with Gasteiger partial charge in [0.05, 0.1) is 0 Å². The summed E-state index contributed by atoms with van der Waals surface area (Å²) in [4.78, 5) is 0. The van der Waals surface area contributed by atoms with Crippen LogP contribution in [0.3, 0.4) is 0 Å². The van der Waals surface area contributed by atoms with Gasteiger partial charge in [0.2, 0.25) is 0 Å². The van der Waals surface area contributed by atoms with Gasteiger partial charge in [-0.05, 0) is 25.5 Å². The van der Waals surface area contributed by atoms with Crippen molar-refractivity contribution in [2.45, 2.75) is 34.1 Å². The zero-order chi connectivity index (χ0) is 10.1. The first-order valence-corrected chi connectivity index (χ1v) is 5.13.